The second-order valence-electron chi connectivity index (χ2n) is 4.81. The summed E-state index contributed by atoms with van der Waals surface area (Å²) >= 11 is 3.37. The van der Waals surface area contributed by atoms with Crippen molar-refractivity contribution in [2.75, 3.05) is 14.2 Å². The molecule has 0 aliphatic rings. The first-order valence-corrected chi connectivity index (χ1v) is 7.62. The van der Waals surface area contributed by atoms with E-state index in [9.17, 15) is 4.79 Å². The Balaban J connectivity index is 2.21. The van der Waals surface area contributed by atoms with Gasteiger partial charge in [-0.3, -0.25) is 4.79 Å². The van der Waals surface area contributed by atoms with Crippen LogP contribution in [0.15, 0.2) is 46.9 Å². The van der Waals surface area contributed by atoms with Crippen molar-refractivity contribution in [2.24, 2.45) is 0 Å². The maximum Gasteiger partial charge on any atom is 0.251 e. The second-order valence-corrected chi connectivity index (χ2v) is 5.73. The Kier molecular flexibility index (Phi) is 5.44. The van der Waals surface area contributed by atoms with Gasteiger partial charge in [-0.05, 0) is 43.3 Å². The molecule has 2 aromatic rings. The summed E-state index contributed by atoms with van der Waals surface area (Å²) in [6, 6.07) is 12.6. The summed E-state index contributed by atoms with van der Waals surface area (Å²) in [5.41, 5.74) is 1.47. The summed E-state index contributed by atoms with van der Waals surface area (Å²) in [7, 11) is 3.21. The third-order valence-corrected chi connectivity index (χ3v) is 3.83. The van der Waals surface area contributed by atoms with Crippen LogP contribution in [0, 0.1) is 0 Å². The lowest BCUT2D eigenvalue weighted by Crippen LogP contribution is -2.27. The van der Waals surface area contributed by atoms with Crippen LogP contribution in [-0.4, -0.2) is 20.1 Å². The number of amides is 1. The fourth-order valence-electron chi connectivity index (χ4n) is 2.17. The van der Waals surface area contributed by atoms with Crippen molar-refractivity contribution in [1.29, 1.82) is 0 Å². The summed E-state index contributed by atoms with van der Waals surface area (Å²) in [6.45, 7) is 1.91. The molecule has 4 nitrogen and oxygen atoms in total. The Morgan fingerprint density at radius 3 is 2.55 bits per heavy atom. The molecule has 1 atom stereocenters. The van der Waals surface area contributed by atoms with Crippen LogP contribution >= 0.6 is 15.9 Å². The molecule has 1 N–H and O–H groups in total. The minimum Gasteiger partial charge on any atom is -0.497 e. The predicted octanol–water partition coefficient (Wildman–Crippen LogP) is 3.96. The van der Waals surface area contributed by atoms with Crippen LogP contribution in [0.4, 0.5) is 0 Å². The van der Waals surface area contributed by atoms with E-state index in [0.717, 1.165) is 15.8 Å². The normalized spacial score (nSPS) is 11.6. The molecule has 0 fully saturated rings. The first-order chi connectivity index (χ1) is 10.5. The van der Waals surface area contributed by atoms with Gasteiger partial charge in [-0.1, -0.05) is 22.0 Å². The second kappa shape index (κ2) is 7.31. The Morgan fingerprint density at radius 1 is 1.14 bits per heavy atom. The zero-order valence-electron chi connectivity index (χ0n) is 12.7. The molecule has 5 heteroatoms. The summed E-state index contributed by atoms with van der Waals surface area (Å²) in [4.78, 5) is 12.3. The lowest BCUT2D eigenvalue weighted by molar-refractivity contribution is 0.0939. The van der Waals surface area contributed by atoms with Crippen molar-refractivity contribution in [3.05, 3.63) is 58.1 Å². The van der Waals surface area contributed by atoms with Crippen molar-refractivity contribution in [1.82, 2.24) is 5.32 Å². The van der Waals surface area contributed by atoms with E-state index in [0.29, 0.717) is 11.3 Å². The van der Waals surface area contributed by atoms with E-state index in [1.54, 1.807) is 26.4 Å². The average molecular weight is 364 g/mol. The number of methoxy groups -OCH3 is 2. The number of ether oxygens (including phenoxy) is 2. The maximum absolute atomic E-state index is 12.3. The number of hydrogen-bond donors (Lipinski definition) is 1. The number of hydrogen-bond acceptors (Lipinski definition) is 3. The molecule has 0 aliphatic heterocycles. The van der Waals surface area contributed by atoms with E-state index in [1.165, 1.54) is 0 Å². The Hall–Kier alpha value is -2.01. The van der Waals surface area contributed by atoms with Crippen molar-refractivity contribution in [2.45, 2.75) is 13.0 Å². The summed E-state index contributed by atoms with van der Waals surface area (Å²) in [5.74, 6) is 1.29. The van der Waals surface area contributed by atoms with E-state index >= 15 is 0 Å². The van der Waals surface area contributed by atoms with E-state index in [2.05, 4.69) is 21.2 Å². The lowest BCUT2D eigenvalue weighted by Gasteiger charge is -2.18. The van der Waals surface area contributed by atoms with Crippen LogP contribution in [0.1, 0.15) is 28.9 Å². The molecule has 0 bridgehead atoms. The minimum absolute atomic E-state index is 0.140. The molecule has 0 radical (unpaired) electrons. The highest BCUT2D eigenvalue weighted by molar-refractivity contribution is 9.10. The number of carbonyl (C=O) groups excluding carboxylic acids is 1. The molecule has 116 valence electrons. The molecule has 0 saturated carbocycles. The monoisotopic (exact) mass is 363 g/mol. The van der Waals surface area contributed by atoms with Gasteiger partial charge in [-0.2, -0.15) is 0 Å². The van der Waals surface area contributed by atoms with Crippen LogP contribution in [0.2, 0.25) is 0 Å². The summed E-state index contributed by atoms with van der Waals surface area (Å²) < 4.78 is 11.5. The van der Waals surface area contributed by atoms with Crippen LogP contribution in [-0.2, 0) is 0 Å². The van der Waals surface area contributed by atoms with Crippen LogP contribution < -0.4 is 14.8 Å². The van der Waals surface area contributed by atoms with Gasteiger partial charge in [-0.15, -0.1) is 0 Å². The van der Waals surface area contributed by atoms with Gasteiger partial charge in [0.1, 0.15) is 11.5 Å². The Bertz CT molecular complexity index is 673. The zero-order chi connectivity index (χ0) is 16.1. The van der Waals surface area contributed by atoms with Crippen molar-refractivity contribution >= 4 is 21.8 Å². The highest BCUT2D eigenvalue weighted by atomic mass is 79.9. The molecule has 0 aliphatic carbocycles. The molecule has 1 unspecified atom stereocenters. The quantitative estimate of drug-likeness (QED) is 0.874. The van der Waals surface area contributed by atoms with Gasteiger partial charge in [0.05, 0.1) is 20.3 Å². The smallest absolute Gasteiger partial charge is 0.251 e. The van der Waals surface area contributed by atoms with Crippen LogP contribution in [0.3, 0.4) is 0 Å². The molecule has 0 spiro atoms. The van der Waals surface area contributed by atoms with Gasteiger partial charge in [0, 0.05) is 15.6 Å². The Morgan fingerprint density at radius 2 is 1.91 bits per heavy atom. The van der Waals surface area contributed by atoms with E-state index < -0.39 is 0 Å². The fourth-order valence-corrected chi connectivity index (χ4v) is 2.56. The zero-order valence-corrected chi connectivity index (χ0v) is 14.3. The van der Waals surface area contributed by atoms with E-state index in [4.69, 9.17) is 9.47 Å². The molecule has 0 saturated heterocycles. The predicted molar refractivity (Wildman–Crippen MR) is 89.6 cm³/mol. The minimum atomic E-state index is -0.212. The first kappa shape index (κ1) is 16.4. The number of carbonyl (C=O) groups is 1. The third-order valence-electron chi connectivity index (χ3n) is 3.34. The molecule has 22 heavy (non-hydrogen) atoms. The van der Waals surface area contributed by atoms with Crippen molar-refractivity contribution in [3.63, 3.8) is 0 Å². The summed E-state index contributed by atoms with van der Waals surface area (Å²) in [5, 5.41) is 2.97. The number of nitrogens with one attached hydrogen (secondary N) is 1. The fraction of sp³-hybridized carbons (Fsp3) is 0.235. The number of benzene rings is 2. The largest absolute Gasteiger partial charge is 0.497 e. The van der Waals surface area contributed by atoms with Gasteiger partial charge in [-0.25, -0.2) is 0 Å². The van der Waals surface area contributed by atoms with E-state index in [-0.39, 0.29) is 11.9 Å². The third kappa shape index (κ3) is 3.80. The van der Waals surface area contributed by atoms with Gasteiger partial charge in [0.2, 0.25) is 0 Å². The molecular weight excluding hydrogens is 346 g/mol. The van der Waals surface area contributed by atoms with Gasteiger partial charge < -0.3 is 14.8 Å². The lowest BCUT2D eigenvalue weighted by atomic mass is 10.1. The molecule has 2 aromatic carbocycles. The van der Waals surface area contributed by atoms with Crippen molar-refractivity contribution < 1.29 is 14.3 Å². The van der Waals surface area contributed by atoms with E-state index in [1.807, 2.05) is 37.3 Å². The van der Waals surface area contributed by atoms with Gasteiger partial charge >= 0.3 is 0 Å². The maximum atomic E-state index is 12.3. The molecular formula is C17H18BrNO3. The number of rotatable bonds is 5. The van der Waals surface area contributed by atoms with Crippen LogP contribution in [0.5, 0.6) is 11.5 Å². The molecule has 0 aromatic heterocycles. The highest BCUT2D eigenvalue weighted by Gasteiger charge is 2.16. The Labute approximate surface area is 138 Å². The van der Waals surface area contributed by atoms with Gasteiger partial charge in [0.25, 0.3) is 5.91 Å². The standard InChI is InChI=1S/C17H18BrNO3/c1-11(15-10-14(21-2)7-8-16(15)22-3)19-17(20)12-5-4-6-13(18)9-12/h4-11H,1-3H3,(H,19,20). The van der Waals surface area contributed by atoms with Gasteiger partial charge in [0.15, 0.2) is 0 Å². The SMILES string of the molecule is COc1ccc(OC)c(C(C)NC(=O)c2cccc(Br)c2)c1. The topological polar surface area (TPSA) is 47.6 Å². The molecule has 2 rings (SSSR count). The van der Waals surface area contributed by atoms with Crippen molar-refractivity contribution in [3.8, 4) is 11.5 Å². The molecule has 1 amide bonds. The average Bonchev–Trinajstić information content (AvgIpc) is 2.54. The summed E-state index contributed by atoms with van der Waals surface area (Å²) in [6.07, 6.45) is 0. The first-order valence-electron chi connectivity index (χ1n) is 6.83. The highest BCUT2D eigenvalue weighted by Crippen LogP contribution is 2.29. The van der Waals surface area contributed by atoms with Crippen LogP contribution in [0.25, 0.3) is 0 Å². The number of halogens is 1. The molecule has 0 heterocycles.